The first-order valence-corrected chi connectivity index (χ1v) is 12.2. The van der Waals surface area contributed by atoms with E-state index >= 15 is 0 Å². The number of nitrogens with one attached hydrogen (secondary N) is 1. The molecule has 3 aliphatic rings. The van der Waals surface area contributed by atoms with Crippen LogP contribution in [0.15, 0.2) is 29.3 Å². The van der Waals surface area contributed by atoms with Gasteiger partial charge in [0, 0.05) is 50.5 Å². The highest BCUT2D eigenvalue weighted by Crippen LogP contribution is 2.32. The van der Waals surface area contributed by atoms with E-state index in [1.807, 2.05) is 4.90 Å². The van der Waals surface area contributed by atoms with Crippen molar-refractivity contribution in [3.63, 3.8) is 0 Å². The predicted molar refractivity (Wildman–Crippen MR) is 125 cm³/mol. The van der Waals surface area contributed by atoms with E-state index in [0.717, 1.165) is 48.1 Å². The molecule has 1 amide bonds. The highest BCUT2D eigenvalue weighted by Gasteiger charge is 2.27. The largest absolute Gasteiger partial charge is 0.381 e. The Hall–Kier alpha value is -2.03. The molecule has 0 spiro atoms. The normalized spacial score (nSPS) is 22.7. The quantitative estimate of drug-likeness (QED) is 0.771. The Morgan fingerprint density at radius 1 is 1.23 bits per heavy atom. The number of benzene rings is 1. The second-order valence-corrected chi connectivity index (χ2v) is 9.48. The minimum Gasteiger partial charge on any atom is -0.381 e. The zero-order chi connectivity index (χ0) is 21.2. The molecule has 0 radical (unpaired) electrons. The Balaban J connectivity index is 1.32. The summed E-state index contributed by atoms with van der Waals surface area (Å²) in [6.07, 6.45) is 2.60. The molecular formula is C23H30N4O3S. The molecule has 31 heavy (non-hydrogen) atoms. The Bertz CT molecular complexity index is 963. The van der Waals surface area contributed by atoms with Gasteiger partial charge in [0.2, 0.25) is 5.91 Å². The number of ether oxygens (including phenoxy) is 2. The van der Waals surface area contributed by atoms with Crippen molar-refractivity contribution in [2.45, 2.75) is 31.3 Å². The van der Waals surface area contributed by atoms with Crippen LogP contribution in [0, 0.1) is 0 Å². The number of carbonyl (C=O) groups is 1. The van der Waals surface area contributed by atoms with E-state index in [-0.39, 0.29) is 11.9 Å². The molecule has 1 atom stereocenters. The molecule has 166 valence electrons. The van der Waals surface area contributed by atoms with Gasteiger partial charge in [0.05, 0.1) is 42.6 Å². The van der Waals surface area contributed by atoms with Gasteiger partial charge in [0.1, 0.15) is 5.04 Å². The van der Waals surface area contributed by atoms with Gasteiger partial charge in [-0.2, -0.15) is 0 Å². The predicted octanol–water partition coefficient (Wildman–Crippen LogP) is 2.89. The monoisotopic (exact) mass is 442 g/mol. The van der Waals surface area contributed by atoms with Crippen LogP contribution >= 0.6 is 11.8 Å². The fourth-order valence-corrected chi connectivity index (χ4v) is 5.66. The molecule has 4 heterocycles. The molecule has 1 N–H and O–H groups in total. The third-order valence-electron chi connectivity index (χ3n) is 6.47. The standard InChI is InChI=1S/C23H30N4O3S/c1-26(18-5-9-29-10-6-18)20-4-2-3-16-13-19(25-22(16)20)23-24-17(15-31-23)14-21(28)27-7-11-30-12-8-27/h2-4,13,17-18,25H,5-12,14-15H2,1H3/t17-/m1/s1. The molecule has 7 nitrogen and oxygen atoms in total. The van der Waals surface area contributed by atoms with Gasteiger partial charge >= 0.3 is 0 Å². The summed E-state index contributed by atoms with van der Waals surface area (Å²) in [5, 5.41) is 2.21. The van der Waals surface area contributed by atoms with Crippen molar-refractivity contribution in [2.24, 2.45) is 4.99 Å². The number of anilines is 1. The number of H-pyrrole nitrogens is 1. The third kappa shape index (κ3) is 4.47. The van der Waals surface area contributed by atoms with Crippen molar-refractivity contribution in [1.29, 1.82) is 0 Å². The second kappa shape index (κ2) is 9.22. The lowest BCUT2D eigenvalue weighted by molar-refractivity contribution is -0.135. The third-order valence-corrected chi connectivity index (χ3v) is 7.62. The number of fused-ring (bicyclic) bond motifs is 1. The maximum Gasteiger partial charge on any atom is 0.224 e. The van der Waals surface area contributed by atoms with Gasteiger partial charge < -0.3 is 24.3 Å². The van der Waals surface area contributed by atoms with Gasteiger partial charge in [-0.1, -0.05) is 12.1 Å². The van der Waals surface area contributed by atoms with Gasteiger partial charge in [0.15, 0.2) is 0 Å². The lowest BCUT2D eigenvalue weighted by Gasteiger charge is -2.33. The average molecular weight is 443 g/mol. The Kier molecular flexibility index (Phi) is 6.20. The van der Waals surface area contributed by atoms with E-state index in [9.17, 15) is 4.79 Å². The number of morpholine rings is 1. The molecule has 5 rings (SSSR count). The summed E-state index contributed by atoms with van der Waals surface area (Å²) in [5.74, 6) is 1.05. The Morgan fingerprint density at radius 3 is 2.81 bits per heavy atom. The molecule has 2 saturated heterocycles. The minimum atomic E-state index is 0.0474. The van der Waals surface area contributed by atoms with Crippen LogP contribution in [0.3, 0.4) is 0 Å². The highest BCUT2D eigenvalue weighted by atomic mass is 32.2. The number of aromatic nitrogens is 1. The lowest BCUT2D eigenvalue weighted by atomic mass is 10.1. The zero-order valence-corrected chi connectivity index (χ0v) is 18.8. The molecule has 2 fully saturated rings. The number of aliphatic imine (C=N–C) groups is 1. The molecule has 3 aliphatic heterocycles. The van der Waals surface area contributed by atoms with E-state index in [4.69, 9.17) is 14.5 Å². The first-order chi connectivity index (χ1) is 15.2. The number of hydrogen-bond donors (Lipinski definition) is 1. The van der Waals surface area contributed by atoms with Crippen LogP contribution in [0.1, 0.15) is 25.0 Å². The number of amides is 1. The number of aromatic amines is 1. The number of carbonyl (C=O) groups excluding carboxylic acids is 1. The molecule has 1 aromatic heterocycles. The summed E-state index contributed by atoms with van der Waals surface area (Å²) in [6, 6.07) is 9.19. The van der Waals surface area contributed by atoms with Gasteiger partial charge in [-0.25, -0.2) is 0 Å². The molecule has 8 heteroatoms. The van der Waals surface area contributed by atoms with Gasteiger partial charge in [-0.3, -0.25) is 9.79 Å². The first-order valence-electron chi connectivity index (χ1n) is 11.2. The zero-order valence-electron chi connectivity index (χ0n) is 18.0. The van der Waals surface area contributed by atoms with E-state index in [0.29, 0.717) is 38.8 Å². The fraction of sp³-hybridized carbons (Fsp3) is 0.565. The Labute approximate surface area is 187 Å². The van der Waals surface area contributed by atoms with Crippen LogP contribution in [0.2, 0.25) is 0 Å². The lowest BCUT2D eigenvalue weighted by Crippen LogP contribution is -2.41. The van der Waals surface area contributed by atoms with Crippen molar-refractivity contribution in [3.05, 3.63) is 30.0 Å². The van der Waals surface area contributed by atoms with Crippen LogP contribution in [0.25, 0.3) is 10.9 Å². The van der Waals surface area contributed by atoms with Crippen molar-refractivity contribution >= 4 is 39.3 Å². The number of nitrogens with zero attached hydrogens (tertiary/aromatic N) is 3. The van der Waals surface area contributed by atoms with Crippen LogP contribution in [-0.2, 0) is 14.3 Å². The van der Waals surface area contributed by atoms with Crippen molar-refractivity contribution in [3.8, 4) is 0 Å². The minimum absolute atomic E-state index is 0.0474. The maximum absolute atomic E-state index is 12.6. The van der Waals surface area contributed by atoms with Crippen molar-refractivity contribution in [1.82, 2.24) is 9.88 Å². The molecule has 0 bridgehead atoms. The van der Waals surface area contributed by atoms with Crippen LogP contribution in [0.5, 0.6) is 0 Å². The van der Waals surface area contributed by atoms with E-state index in [1.165, 1.54) is 11.1 Å². The number of thioether (sulfide) groups is 1. The average Bonchev–Trinajstić information content (AvgIpc) is 3.46. The molecular weight excluding hydrogens is 412 g/mol. The first kappa shape index (κ1) is 20.8. The van der Waals surface area contributed by atoms with Gasteiger partial charge in [0.25, 0.3) is 0 Å². The summed E-state index contributed by atoms with van der Waals surface area (Å²) >= 11 is 1.74. The topological polar surface area (TPSA) is 70.2 Å². The molecule has 0 aliphatic carbocycles. The molecule has 0 saturated carbocycles. The van der Waals surface area contributed by atoms with E-state index in [2.05, 4.69) is 41.2 Å². The SMILES string of the molecule is CN(c1cccc2cc(C3=N[C@H](CC(=O)N4CCOCC4)CS3)[nH]c12)C1CCOCC1. The maximum atomic E-state index is 12.6. The van der Waals surface area contributed by atoms with Gasteiger partial charge in [-0.15, -0.1) is 11.8 Å². The molecule has 1 aromatic carbocycles. The van der Waals surface area contributed by atoms with E-state index in [1.54, 1.807) is 11.8 Å². The number of para-hydroxylation sites is 1. The Morgan fingerprint density at radius 2 is 2.00 bits per heavy atom. The highest BCUT2D eigenvalue weighted by molar-refractivity contribution is 8.14. The van der Waals surface area contributed by atoms with Crippen molar-refractivity contribution < 1.29 is 14.3 Å². The summed E-state index contributed by atoms with van der Waals surface area (Å²) in [7, 11) is 2.18. The molecule has 2 aromatic rings. The smallest absolute Gasteiger partial charge is 0.224 e. The van der Waals surface area contributed by atoms with Crippen LogP contribution in [-0.4, -0.2) is 85.2 Å². The summed E-state index contributed by atoms with van der Waals surface area (Å²) in [6.45, 7) is 4.33. The van der Waals surface area contributed by atoms with Crippen LogP contribution < -0.4 is 4.90 Å². The van der Waals surface area contributed by atoms with Gasteiger partial charge in [-0.05, 0) is 25.0 Å². The van der Waals surface area contributed by atoms with Crippen molar-refractivity contribution in [2.75, 3.05) is 57.2 Å². The van der Waals surface area contributed by atoms with Crippen LogP contribution in [0.4, 0.5) is 5.69 Å². The second-order valence-electron chi connectivity index (χ2n) is 8.48. The molecule has 0 unspecified atom stereocenters. The summed E-state index contributed by atoms with van der Waals surface area (Å²) in [4.78, 5) is 25.4. The van der Waals surface area contributed by atoms with E-state index < -0.39 is 0 Å². The summed E-state index contributed by atoms with van der Waals surface area (Å²) in [5.41, 5.74) is 3.43. The number of hydrogen-bond acceptors (Lipinski definition) is 6. The number of rotatable bonds is 5. The fourth-order valence-electron chi connectivity index (χ4n) is 4.63. The summed E-state index contributed by atoms with van der Waals surface area (Å²) < 4.78 is 10.9.